The van der Waals surface area contributed by atoms with E-state index in [1.165, 1.54) is 11.8 Å². The van der Waals surface area contributed by atoms with Crippen LogP contribution in [0.1, 0.15) is 5.56 Å². The molecule has 1 rings (SSSR count). The molecule has 0 unspecified atom stereocenters. The smallest absolute Gasteiger partial charge is 0.318 e. The highest BCUT2D eigenvalue weighted by Crippen LogP contribution is 2.22. The van der Waals surface area contributed by atoms with Crippen LogP contribution in [0.2, 0.25) is 0 Å². The van der Waals surface area contributed by atoms with Gasteiger partial charge in [-0.25, -0.2) is 0 Å². The van der Waals surface area contributed by atoms with Crippen LogP contribution in [0.5, 0.6) is 0 Å². The number of hydrogen-bond acceptors (Lipinski definition) is 3. The van der Waals surface area contributed by atoms with Crippen LogP contribution in [0, 0.1) is 5.92 Å². The van der Waals surface area contributed by atoms with Gasteiger partial charge < -0.3 is 10.2 Å². The van der Waals surface area contributed by atoms with E-state index in [2.05, 4.69) is 0 Å². The molecule has 0 aliphatic heterocycles. The minimum absolute atomic E-state index is 0.0156. The molecule has 0 aliphatic carbocycles. The maximum atomic E-state index is 10.8. The Bertz CT molecular complexity index is 389. The predicted molar refractivity (Wildman–Crippen MR) is 60.7 cm³/mol. The quantitative estimate of drug-likeness (QED) is 0.605. The van der Waals surface area contributed by atoms with E-state index in [1.54, 1.807) is 12.1 Å². The van der Waals surface area contributed by atoms with Crippen LogP contribution in [0.3, 0.4) is 0 Å². The van der Waals surface area contributed by atoms with Crippen molar-refractivity contribution in [2.75, 3.05) is 6.26 Å². The number of rotatable bonds is 5. The summed E-state index contributed by atoms with van der Waals surface area (Å²) >= 11 is 1.47. The summed E-state index contributed by atoms with van der Waals surface area (Å²) in [5, 5.41) is 17.6. The van der Waals surface area contributed by atoms with Crippen molar-refractivity contribution in [3.8, 4) is 0 Å². The molecule has 0 aliphatic rings. The van der Waals surface area contributed by atoms with Crippen LogP contribution in [-0.2, 0) is 16.0 Å². The monoisotopic (exact) mass is 240 g/mol. The van der Waals surface area contributed by atoms with E-state index in [9.17, 15) is 9.59 Å². The fraction of sp³-hybridized carbons (Fsp3) is 0.273. The first kappa shape index (κ1) is 12.6. The van der Waals surface area contributed by atoms with E-state index in [-0.39, 0.29) is 6.42 Å². The van der Waals surface area contributed by atoms with Crippen LogP contribution in [-0.4, -0.2) is 28.4 Å². The van der Waals surface area contributed by atoms with Gasteiger partial charge in [-0.1, -0.05) is 18.2 Å². The van der Waals surface area contributed by atoms with Crippen molar-refractivity contribution in [3.05, 3.63) is 29.8 Å². The third-order valence-corrected chi connectivity index (χ3v) is 3.05. The number of benzene rings is 1. The Kier molecular flexibility index (Phi) is 4.37. The first-order chi connectivity index (χ1) is 7.56. The van der Waals surface area contributed by atoms with E-state index in [4.69, 9.17) is 10.2 Å². The Balaban J connectivity index is 2.93. The molecule has 0 spiro atoms. The summed E-state index contributed by atoms with van der Waals surface area (Å²) in [5.41, 5.74) is 0.754. The molecule has 5 heteroatoms. The fourth-order valence-electron chi connectivity index (χ4n) is 1.37. The first-order valence-corrected chi connectivity index (χ1v) is 5.86. The van der Waals surface area contributed by atoms with Crippen LogP contribution in [0.25, 0.3) is 0 Å². The molecule has 16 heavy (non-hydrogen) atoms. The Morgan fingerprint density at radius 2 is 1.81 bits per heavy atom. The topological polar surface area (TPSA) is 74.6 Å². The minimum Gasteiger partial charge on any atom is -0.481 e. The first-order valence-electron chi connectivity index (χ1n) is 4.63. The molecule has 0 aromatic heterocycles. The van der Waals surface area contributed by atoms with Gasteiger partial charge in [-0.15, -0.1) is 11.8 Å². The third kappa shape index (κ3) is 3.00. The van der Waals surface area contributed by atoms with Crippen LogP contribution < -0.4 is 0 Å². The average molecular weight is 240 g/mol. The zero-order valence-corrected chi connectivity index (χ0v) is 9.53. The molecule has 0 bridgehead atoms. The summed E-state index contributed by atoms with van der Waals surface area (Å²) in [6.07, 6.45) is 1.89. The summed E-state index contributed by atoms with van der Waals surface area (Å²) in [4.78, 5) is 22.4. The molecular formula is C11H12O4S. The lowest BCUT2D eigenvalue weighted by atomic mass is 10.00. The lowest BCUT2D eigenvalue weighted by molar-refractivity contribution is -0.154. The molecule has 0 heterocycles. The molecule has 0 fully saturated rings. The van der Waals surface area contributed by atoms with Gasteiger partial charge in [0.15, 0.2) is 5.92 Å². The SMILES string of the molecule is CSc1ccccc1CC(C(=O)O)C(=O)O. The number of carboxylic acid groups (broad SMARTS) is 2. The second kappa shape index (κ2) is 5.55. The van der Waals surface area contributed by atoms with Gasteiger partial charge in [0.2, 0.25) is 0 Å². The van der Waals surface area contributed by atoms with Gasteiger partial charge in [-0.05, 0) is 24.3 Å². The van der Waals surface area contributed by atoms with Crippen molar-refractivity contribution in [1.82, 2.24) is 0 Å². The zero-order valence-electron chi connectivity index (χ0n) is 8.71. The second-order valence-corrected chi connectivity index (χ2v) is 4.09. The number of carboxylic acids is 2. The van der Waals surface area contributed by atoms with E-state index in [0.717, 1.165) is 10.5 Å². The van der Waals surface area contributed by atoms with Gasteiger partial charge in [0.05, 0.1) is 0 Å². The van der Waals surface area contributed by atoms with Crippen molar-refractivity contribution < 1.29 is 19.8 Å². The van der Waals surface area contributed by atoms with Crippen molar-refractivity contribution in [2.45, 2.75) is 11.3 Å². The summed E-state index contributed by atoms with van der Waals surface area (Å²) < 4.78 is 0. The number of thioether (sulfide) groups is 1. The lowest BCUT2D eigenvalue weighted by Crippen LogP contribution is -2.25. The second-order valence-electron chi connectivity index (χ2n) is 3.25. The van der Waals surface area contributed by atoms with E-state index in [1.807, 2.05) is 18.4 Å². The highest BCUT2D eigenvalue weighted by Gasteiger charge is 2.26. The van der Waals surface area contributed by atoms with Crippen LogP contribution in [0.15, 0.2) is 29.2 Å². The van der Waals surface area contributed by atoms with E-state index in [0.29, 0.717) is 0 Å². The Morgan fingerprint density at radius 3 is 2.31 bits per heavy atom. The highest BCUT2D eigenvalue weighted by atomic mass is 32.2. The van der Waals surface area contributed by atoms with Crippen molar-refractivity contribution in [1.29, 1.82) is 0 Å². The molecule has 4 nitrogen and oxygen atoms in total. The Morgan fingerprint density at radius 1 is 1.25 bits per heavy atom. The largest absolute Gasteiger partial charge is 0.481 e. The van der Waals surface area contributed by atoms with Gasteiger partial charge in [0.25, 0.3) is 0 Å². The molecule has 1 aromatic rings. The lowest BCUT2D eigenvalue weighted by Gasteiger charge is -2.10. The van der Waals surface area contributed by atoms with Crippen LogP contribution in [0.4, 0.5) is 0 Å². The Hall–Kier alpha value is -1.49. The average Bonchev–Trinajstić information content (AvgIpc) is 2.25. The molecule has 86 valence electrons. The molecule has 0 radical (unpaired) electrons. The van der Waals surface area contributed by atoms with Crippen molar-refractivity contribution in [3.63, 3.8) is 0 Å². The molecule has 1 aromatic carbocycles. The summed E-state index contributed by atoms with van der Waals surface area (Å²) in [6.45, 7) is 0. The van der Waals surface area contributed by atoms with E-state index >= 15 is 0 Å². The summed E-state index contributed by atoms with van der Waals surface area (Å²) in [6, 6.07) is 7.22. The van der Waals surface area contributed by atoms with Gasteiger partial charge in [0, 0.05) is 4.90 Å². The number of aliphatic carboxylic acids is 2. The summed E-state index contributed by atoms with van der Waals surface area (Å²) in [5.74, 6) is -3.99. The van der Waals surface area contributed by atoms with E-state index < -0.39 is 17.9 Å². The minimum atomic E-state index is -1.38. The normalized spacial score (nSPS) is 10.4. The Labute approximate surface area is 97.3 Å². The number of hydrogen-bond donors (Lipinski definition) is 2. The highest BCUT2D eigenvalue weighted by molar-refractivity contribution is 7.98. The molecule has 0 atom stereocenters. The standard InChI is InChI=1S/C11H12O4S/c1-16-9-5-3-2-4-7(9)6-8(10(12)13)11(14)15/h2-5,8H,6H2,1H3,(H,12,13)(H,14,15). The molecular weight excluding hydrogens is 228 g/mol. The van der Waals surface area contributed by atoms with Crippen molar-refractivity contribution in [2.24, 2.45) is 5.92 Å². The maximum Gasteiger partial charge on any atom is 0.318 e. The molecule has 0 saturated heterocycles. The maximum absolute atomic E-state index is 10.8. The third-order valence-electron chi connectivity index (χ3n) is 2.21. The van der Waals surface area contributed by atoms with Gasteiger partial charge in [-0.3, -0.25) is 9.59 Å². The molecule has 0 amide bonds. The predicted octanol–water partition coefficient (Wildman–Crippen LogP) is 1.74. The van der Waals surface area contributed by atoms with Gasteiger partial charge in [0.1, 0.15) is 0 Å². The fourth-order valence-corrected chi connectivity index (χ4v) is 2.00. The van der Waals surface area contributed by atoms with Crippen molar-refractivity contribution >= 4 is 23.7 Å². The molecule has 2 N–H and O–H groups in total. The number of carbonyl (C=O) groups is 2. The van der Waals surface area contributed by atoms with Gasteiger partial charge >= 0.3 is 11.9 Å². The van der Waals surface area contributed by atoms with Gasteiger partial charge in [-0.2, -0.15) is 0 Å². The zero-order chi connectivity index (χ0) is 12.1. The summed E-state index contributed by atoms with van der Waals surface area (Å²) in [7, 11) is 0. The van der Waals surface area contributed by atoms with Crippen LogP contribution >= 0.6 is 11.8 Å². The molecule has 0 saturated carbocycles.